The fourth-order valence-electron chi connectivity index (χ4n) is 7.59. The summed E-state index contributed by atoms with van der Waals surface area (Å²) in [5.41, 5.74) is 0. The van der Waals surface area contributed by atoms with E-state index < -0.39 is 6.10 Å². The van der Waals surface area contributed by atoms with E-state index in [9.17, 15) is 14.4 Å². The Bertz CT molecular complexity index is 1230. The molecule has 0 aliphatic carbocycles. The first-order valence-electron chi connectivity index (χ1n) is 27.4. The molecule has 0 saturated carbocycles. The molecule has 0 aromatic heterocycles. The van der Waals surface area contributed by atoms with Crippen LogP contribution in [0.1, 0.15) is 265 Å². The van der Waals surface area contributed by atoms with Gasteiger partial charge in [0.15, 0.2) is 6.10 Å². The summed E-state index contributed by atoms with van der Waals surface area (Å²) in [5, 5.41) is 0. The highest BCUT2D eigenvalue weighted by molar-refractivity contribution is 5.71. The molecule has 65 heavy (non-hydrogen) atoms. The third kappa shape index (κ3) is 51.7. The number of allylic oxidation sites excluding steroid dienone is 12. The number of hydrogen-bond donors (Lipinski definition) is 0. The van der Waals surface area contributed by atoms with E-state index in [-0.39, 0.29) is 37.5 Å². The maximum absolute atomic E-state index is 12.8. The van der Waals surface area contributed by atoms with Crippen molar-refractivity contribution in [2.75, 3.05) is 13.2 Å². The van der Waals surface area contributed by atoms with Gasteiger partial charge < -0.3 is 14.2 Å². The highest BCUT2D eigenvalue weighted by Gasteiger charge is 2.19. The average molecular weight is 907 g/mol. The van der Waals surface area contributed by atoms with Gasteiger partial charge in [0.1, 0.15) is 13.2 Å². The Balaban J connectivity index is 4.46. The monoisotopic (exact) mass is 907 g/mol. The third-order valence-corrected chi connectivity index (χ3v) is 11.7. The van der Waals surface area contributed by atoms with E-state index in [2.05, 4.69) is 93.7 Å². The Hall–Kier alpha value is -3.15. The smallest absolute Gasteiger partial charge is 0.306 e. The molecule has 0 spiro atoms. The first-order chi connectivity index (χ1) is 32.0. The number of hydrogen-bond acceptors (Lipinski definition) is 6. The fraction of sp³-hybridized carbons (Fsp3) is 0.746. The Morgan fingerprint density at radius 2 is 0.615 bits per heavy atom. The molecule has 1 atom stereocenters. The molecular weight excluding hydrogens is 805 g/mol. The fourth-order valence-corrected chi connectivity index (χ4v) is 7.59. The second kappa shape index (κ2) is 53.5. The lowest BCUT2D eigenvalue weighted by Crippen LogP contribution is -2.30. The normalized spacial score (nSPS) is 12.6. The van der Waals surface area contributed by atoms with E-state index in [1.165, 1.54) is 141 Å². The molecule has 0 aliphatic heterocycles. The highest BCUT2D eigenvalue weighted by Crippen LogP contribution is 2.15. The molecule has 0 N–H and O–H groups in total. The van der Waals surface area contributed by atoms with E-state index in [4.69, 9.17) is 14.2 Å². The Morgan fingerprint density at radius 3 is 1.03 bits per heavy atom. The van der Waals surface area contributed by atoms with Crippen molar-refractivity contribution in [1.82, 2.24) is 0 Å². The Morgan fingerprint density at radius 1 is 0.323 bits per heavy atom. The first kappa shape index (κ1) is 61.9. The summed E-state index contributed by atoms with van der Waals surface area (Å²) in [6.45, 7) is 6.48. The molecule has 6 nitrogen and oxygen atoms in total. The van der Waals surface area contributed by atoms with Crippen molar-refractivity contribution in [1.29, 1.82) is 0 Å². The van der Waals surface area contributed by atoms with Crippen molar-refractivity contribution < 1.29 is 28.6 Å². The van der Waals surface area contributed by atoms with Gasteiger partial charge in [0, 0.05) is 19.3 Å². The number of carbonyl (C=O) groups is 3. The van der Waals surface area contributed by atoms with Gasteiger partial charge in [-0.2, -0.15) is 0 Å². The van der Waals surface area contributed by atoms with Crippen molar-refractivity contribution in [3.8, 4) is 0 Å². The molecule has 1 unspecified atom stereocenters. The summed E-state index contributed by atoms with van der Waals surface area (Å²) in [5.74, 6) is -0.951. The van der Waals surface area contributed by atoms with Gasteiger partial charge in [-0.05, 0) is 83.5 Å². The molecule has 0 heterocycles. The molecule has 0 aromatic rings. The van der Waals surface area contributed by atoms with E-state index in [1.807, 2.05) is 0 Å². The van der Waals surface area contributed by atoms with E-state index in [0.29, 0.717) is 19.3 Å². The summed E-state index contributed by atoms with van der Waals surface area (Å²) in [4.78, 5) is 38.1. The summed E-state index contributed by atoms with van der Waals surface area (Å²) in [6.07, 6.45) is 67.5. The van der Waals surface area contributed by atoms with Crippen LogP contribution in [-0.2, 0) is 28.6 Å². The van der Waals surface area contributed by atoms with Crippen molar-refractivity contribution in [3.63, 3.8) is 0 Å². The van der Waals surface area contributed by atoms with Crippen LogP contribution in [0, 0.1) is 0 Å². The third-order valence-electron chi connectivity index (χ3n) is 11.7. The van der Waals surface area contributed by atoms with Crippen molar-refractivity contribution >= 4 is 17.9 Å². The second-order valence-electron chi connectivity index (χ2n) is 18.1. The summed E-state index contributed by atoms with van der Waals surface area (Å²) < 4.78 is 16.8. The molecule has 0 radical (unpaired) electrons. The predicted octanol–water partition coefficient (Wildman–Crippen LogP) is 18.2. The van der Waals surface area contributed by atoms with Gasteiger partial charge in [-0.15, -0.1) is 0 Å². The van der Waals surface area contributed by atoms with Gasteiger partial charge in [-0.25, -0.2) is 0 Å². The van der Waals surface area contributed by atoms with E-state index >= 15 is 0 Å². The number of ether oxygens (including phenoxy) is 3. The molecule has 0 amide bonds. The predicted molar refractivity (Wildman–Crippen MR) is 279 cm³/mol. The molecule has 0 fully saturated rings. The standard InChI is InChI=1S/C59H102O6/c1-4-7-10-13-16-19-22-25-28-29-32-34-37-40-43-46-49-52-58(61)64-55-56(65-59(62)53-50-47-44-41-38-35-31-27-24-21-18-15-12-9-6-3)54-63-57(60)51-48-45-42-39-36-33-30-26-23-20-17-14-11-8-5-2/h7,10,16,19,21,24-25,28,32,34,40,43,56H,4-6,8-9,11-15,17-18,20,22-23,26-27,29-31,33,35-39,41-42,44-55H2,1-3H3/b10-7-,19-16-,24-21-,28-25-,34-32-,43-40-. The minimum atomic E-state index is -0.798. The Labute approximate surface area is 402 Å². The minimum absolute atomic E-state index is 0.0926. The topological polar surface area (TPSA) is 78.9 Å². The highest BCUT2D eigenvalue weighted by atomic mass is 16.6. The van der Waals surface area contributed by atoms with Crippen molar-refractivity contribution in [2.24, 2.45) is 0 Å². The van der Waals surface area contributed by atoms with E-state index in [1.54, 1.807) is 0 Å². The summed E-state index contributed by atoms with van der Waals surface area (Å²) >= 11 is 0. The second-order valence-corrected chi connectivity index (χ2v) is 18.1. The average Bonchev–Trinajstić information content (AvgIpc) is 3.30. The molecular formula is C59H102O6. The summed E-state index contributed by atoms with van der Waals surface area (Å²) in [6, 6.07) is 0. The van der Waals surface area contributed by atoms with E-state index in [0.717, 1.165) is 77.0 Å². The van der Waals surface area contributed by atoms with Crippen molar-refractivity contribution in [2.45, 2.75) is 271 Å². The minimum Gasteiger partial charge on any atom is -0.462 e. The van der Waals surface area contributed by atoms with Crippen LogP contribution in [0.3, 0.4) is 0 Å². The van der Waals surface area contributed by atoms with Gasteiger partial charge in [0.2, 0.25) is 0 Å². The largest absolute Gasteiger partial charge is 0.462 e. The number of rotatable bonds is 49. The lowest BCUT2D eigenvalue weighted by Gasteiger charge is -2.18. The lowest BCUT2D eigenvalue weighted by atomic mass is 10.0. The zero-order valence-corrected chi connectivity index (χ0v) is 42.7. The number of carbonyl (C=O) groups excluding carboxylic acids is 3. The first-order valence-corrected chi connectivity index (χ1v) is 27.4. The van der Waals surface area contributed by atoms with Crippen LogP contribution in [0.5, 0.6) is 0 Å². The zero-order valence-electron chi connectivity index (χ0n) is 42.7. The van der Waals surface area contributed by atoms with Crippen LogP contribution in [0.4, 0.5) is 0 Å². The molecule has 374 valence electrons. The molecule has 0 aliphatic rings. The van der Waals surface area contributed by atoms with Gasteiger partial charge in [-0.3, -0.25) is 14.4 Å². The molecule has 0 bridgehead atoms. The van der Waals surface area contributed by atoms with Gasteiger partial charge in [-0.1, -0.05) is 235 Å². The summed E-state index contributed by atoms with van der Waals surface area (Å²) in [7, 11) is 0. The maximum Gasteiger partial charge on any atom is 0.306 e. The number of esters is 3. The Kier molecular flexibility index (Phi) is 50.9. The zero-order chi connectivity index (χ0) is 47.2. The number of unbranched alkanes of at least 4 members (excludes halogenated alkanes) is 26. The molecule has 0 aromatic carbocycles. The molecule has 6 heteroatoms. The van der Waals surface area contributed by atoms with Gasteiger partial charge in [0.05, 0.1) is 0 Å². The SMILES string of the molecule is CC/C=C\C/C=C\C/C=C\C/C=C\C/C=C\CCCC(=O)OCC(COC(=O)CCCCCCCCCCCCCCCCC)OC(=O)CCCCCCCCC/C=C\CCCCCC. The van der Waals surface area contributed by atoms with Crippen LogP contribution in [-0.4, -0.2) is 37.2 Å². The van der Waals surface area contributed by atoms with Crippen molar-refractivity contribution in [3.05, 3.63) is 72.9 Å². The quantitative estimate of drug-likeness (QED) is 0.0262. The maximum atomic E-state index is 12.8. The van der Waals surface area contributed by atoms with Crippen LogP contribution < -0.4 is 0 Å². The lowest BCUT2D eigenvalue weighted by molar-refractivity contribution is -0.167. The molecule has 0 rings (SSSR count). The van der Waals surface area contributed by atoms with Crippen LogP contribution >= 0.6 is 0 Å². The van der Waals surface area contributed by atoms with Crippen LogP contribution in [0.15, 0.2) is 72.9 Å². The van der Waals surface area contributed by atoms with Gasteiger partial charge in [0.25, 0.3) is 0 Å². The van der Waals surface area contributed by atoms with Crippen LogP contribution in [0.2, 0.25) is 0 Å². The van der Waals surface area contributed by atoms with Gasteiger partial charge >= 0.3 is 17.9 Å². The van der Waals surface area contributed by atoms with Crippen LogP contribution in [0.25, 0.3) is 0 Å². The molecule has 0 saturated heterocycles.